The molecule has 0 saturated carbocycles. The first-order valence-electron chi connectivity index (χ1n) is 7.53. The number of amidine groups is 1. The summed E-state index contributed by atoms with van der Waals surface area (Å²) >= 11 is 0. The molecule has 1 aromatic rings. The number of aliphatic hydroxyl groups is 1. The molecule has 118 valence electrons. The number of rotatable bonds is 6. The number of β-amino-alcohol motifs (C(OH)–C–C–N with tert-alkyl or cyclic N) is 1. The summed E-state index contributed by atoms with van der Waals surface area (Å²) in [5.74, 6) is 0.681. The van der Waals surface area contributed by atoms with Crippen LogP contribution in [-0.4, -0.2) is 55.2 Å². The van der Waals surface area contributed by atoms with Crippen molar-refractivity contribution in [2.45, 2.75) is 0 Å². The molecule has 1 heterocycles. The summed E-state index contributed by atoms with van der Waals surface area (Å²) < 4.78 is 0. The fourth-order valence-electron chi connectivity index (χ4n) is 2.51. The quantitative estimate of drug-likeness (QED) is 0.623. The van der Waals surface area contributed by atoms with Crippen LogP contribution in [0.2, 0.25) is 0 Å². The molecule has 2 N–H and O–H groups in total. The molecule has 0 aromatic heterocycles. The summed E-state index contributed by atoms with van der Waals surface area (Å²) in [6.07, 6.45) is 3.15. The number of piperazine rings is 1. The minimum Gasteiger partial charge on any atom is -0.395 e. The van der Waals surface area contributed by atoms with E-state index in [1.165, 1.54) is 11.9 Å². The number of benzene rings is 1. The number of aliphatic imine (C=N–C) groups is 1. The number of hydrogen-bond donors (Lipinski definition) is 2. The Morgan fingerprint density at radius 3 is 2.41 bits per heavy atom. The zero-order valence-electron chi connectivity index (χ0n) is 12.9. The van der Waals surface area contributed by atoms with E-state index in [-0.39, 0.29) is 6.61 Å². The molecule has 0 amide bonds. The zero-order valence-corrected chi connectivity index (χ0v) is 12.9. The summed E-state index contributed by atoms with van der Waals surface area (Å²) in [5, 5.41) is 12.2. The van der Waals surface area contributed by atoms with E-state index in [0.29, 0.717) is 5.84 Å². The number of nitrogens with one attached hydrogen (secondary N) is 1. The number of aliphatic hydroxyl groups excluding tert-OH is 1. The summed E-state index contributed by atoms with van der Waals surface area (Å²) in [5.41, 5.74) is 2.19. The number of anilines is 2. The third kappa shape index (κ3) is 4.44. The standard InChI is InChI=1S/C17H24N4O/c1-3-17(18-4-2)19-15-5-7-16(8-6-15)21-11-9-20(10-12-21)13-14-22/h3-8,22H,1-2,9-14H2,(H,18,19). The van der Waals surface area contributed by atoms with Crippen molar-refractivity contribution in [3.63, 3.8) is 0 Å². The second-order valence-corrected chi connectivity index (χ2v) is 5.13. The largest absolute Gasteiger partial charge is 0.395 e. The van der Waals surface area contributed by atoms with Gasteiger partial charge < -0.3 is 15.3 Å². The Hall–Kier alpha value is -2.11. The van der Waals surface area contributed by atoms with Crippen molar-refractivity contribution in [1.82, 2.24) is 4.90 Å². The second kappa shape index (κ2) is 8.36. The molecule has 0 aliphatic carbocycles. The molecule has 0 radical (unpaired) electrons. The maximum atomic E-state index is 8.98. The SMILES string of the molecule is C=CN=C(C=C)Nc1ccc(N2CCN(CCO)CC2)cc1. The van der Waals surface area contributed by atoms with Crippen molar-refractivity contribution in [2.75, 3.05) is 49.5 Å². The lowest BCUT2D eigenvalue weighted by molar-refractivity contribution is 0.189. The zero-order chi connectivity index (χ0) is 15.8. The van der Waals surface area contributed by atoms with E-state index in [1.54, 1.807) is 6.08 Å². The van der Waals surface area contributed by atoms with Crippen molar-refractivity contribution in [2.24, 2.45) is 4.99 Å². The monoisotopic (exact) mass is 300 g/mol. The van der Waals surface area contributed by atoms with Gasteiger partial charge in [0.25, 0.3) is 0 Å². The van der Waals surface area contributed by atoms with Crippen LogP contribution in [0.3, 0.4) is 0 Å². The van der Waals surface area contributed by atoms with Crippen LogP contribution < -0.4 is 10.2 Å². The normalized spacial score (nSPS) is 16.4. The molecule has 0 bridgehead atoms. The van der Waals surface area contributed by atoms with Crippen molar-refractivity contribution in [3.05, 3.63) is 49.7 Å². The summed E-state index contributed by atoms with van der Waals surface area (Å²) in [7, 11) is 0. The molecule has 1 aromatic carbocycles. The summed E-state index contributed by atoms with van der Waals surface area (Å²) in [6.45, 7) is 12.3. The Bertz CT molecular complexity index is 516. The Morgan fingerprint density at radius 2 is 1.86 bits per heavy atom. The molecule has 0 atom stereocenters. The number of nitrogens with zero attached hydrogens (tertiary/aromatic N) is 3. The van der Waals surface area contributed by atoms with Crippen molar-refractivity contribution < 1.29 is 5.11 Å². The molecule has 0 spiro atoms. The van der Waals surface area contributed by atoms with Gasteiger partial charge in [-0.3, -0.25) is 4.90 Å². The van der Waals surface area contributed by atoms with Crippen LogP contribution in [0.1, 0.15) is 0 Å². The fraction of sp³-hybridized carbons (Fsp3) is 0.353. The van der Waals surface area contributed by atoms with E-state index in [9.17, 15) is 0 Å². The highest BCUT2D eigenvalue weighted by molar-refractivity contribution is 6.03. The van der Waals surface area contributed by atoms with Gasteiger partial charge in [0.05, 0.1) is 6.61 Å². The van der Waals surface area contributed by atoms with Gasteiger partial charge in [-0.05, 0) is 30.3 Å². The van der Waals surface area contributed by atoms with Crippen LogP contribution in [0.4, 0.5) is 11.4 Å². The van der Waals surface area contributed by atoms with Gasteiger partial charge in [-0.25, -0.2) is 4.99 Å². The first-order valence-corrected chi connectivity index (χ1v) is 7.53. The van der Waals surface area contributed by atoms with Crippen LogP contribution in [0.15, 0.2) is 54.7 Å². The molecule has 5 heteroatoms. The van der Waals surface area contributed by atoms with Gasteiger partial charge in [0.1, 0.15) is 5.84 Å². The lowest BCUT2D eigenvalue weighted by Crippen LogP contribution is -2.47. The van der Waals surface area contributed by atoms with Crippen LogP contribution >= 0.6 is 0 Å². The summed E-state index contributed by atoms with van der Waals surface area (Å²) in [6, 6.07) is 8.30. The molecule has 1 aliphatic rings. The molecule has 0 unspecified atom stereocenters. The molecular weight excluding hydrogens is 276 g/mol. The second-order valence-electron chi connectivity index (χ2n) is 5.13. The third-order valence-corrected chi connectivity index (χ3v) is 3.72. The van der Waals surface area contributed by atoms with Crippen molar-refractivity contribution in [1.29, 1.82) is 0 Å². The Balaban J connectivity index is 1.93. The van der Waals surface area contributed by atoms with Gasteiger partial charge in [-0.15, -0.1) is 0 Å². The van der Waals surface area contributed by atoms with E-state index in [2.05, 4.69) is 45.4 Å². The highest BCUT2D eigenvalue weighted by Crippen LogP contribution is 2.19. The average molecular weight is 300 g/mol. The van der Waals surface area contributed by atoms with Gasteiger partial charge in [-0.2, -0.15) is 0 Å². The lowest BCUT2D eigenvalue weighted by Gasteiger charge is -2.35. The Labute approximate surface area is 132 Å². The van der Waals surface area contributed by atoms with Crippen LogP contribution in [-0.2, 0) is 0 Å². The van der Waals surface area contributed by atoms with Gasteiger partial charge in [0.15, 0.2) is 0 Å². The van der Waals surface area contributed by atoms with E-state index < -0.39 is 0 Å². The van der Waals surface area contributed by atoms with Crippen LogP contribution in [0, 0.1) is 0 Å². The summed E-state index contributed by atoms with van der Waals surface area (Å²) in [4.78, 5) is 8.74. The Morgan fingerprint density at radius 1 is 1.18 bits per heavy atom. The van der Waals surface area contributed by atoms with Gasteiger partial charge in [0, 0.05) is 50.3 Å². The maximum Gasteiger partial charge on any atom is 0.129 e. The van der Waals surface area contributed by atoms with E-state index in [1.807, 2.05) is 12.1 Å². The molecule has 2 rings (SSSR count). The van der Waals surface area contributed by atoms with E-state index in [4.69, 9.17) is 5.11 Å². The molecule has 1 saturated heterocycles. The lowest BCUT2D eigenvalue weighted by atomic mass is 10.2. The Kier molecular flexibility index (Phi) is 6.18. The van der Waals surface area contributed by atoms with Crippen LogP contribution in [0.5, 0.6) is 0 Å². The average Bonchev–Trinajstić information content (AvgIpc) is 2.56. The predicted octanol–water partition coefficient (Wildman–Crippen LogP) is 1.94. The van der Waals surface area contributed by atoms with Gasteiger partial charge in [-0.1, -0.05) is 13.2 Å². The van der Waals surface area contributed by atoms with Gasteiger partial charge >= 0.3 is 0 Å². The van der Waals surface area contributed by atoms with Gasteiger partial charge in [0.2, 0.25) is 0 Å². The highest BCUT2D eigenvalue weighted by Gasteiger charge is 2.16. The minimum absolute atomic E-state index is 0.234. The molecular formula is C17H24N4O. The molecule has 1 aliphatic heterocycles. The van der Waals surface area contributed by atoms with Crippen LogP contribution in [0.25, 0.3) is 0 Å². The maximum absolute atomic E-state index is 8.98. The highest BCUT2D eigenvalue weighted by atomic mass is 16.3. The van der Waals surface area contributed by atoms with E-state index >= 15 is 0 Å². The minimum atomic E-state index is 0.234. The molecule has 22 heavy (non-hydrogen) atoms. The van der Waals surface area contributed by atoms with Crippen molar-refractivity contribution in [3.8, 4) is 0 Å². The van der Waals surface area contributed by atoms with E-state index in [0.717, 1.165) is 38.4 Å². The molecule has 1 fully saturated rings. The fourth-order valence-corrected chi connectivity index (χ4v) is 2.51. The first kappa shape index (κ1) is 16.3. The predicted molar refractivity (Wildman–Crippen MR) is 93.6 cm³/mol. The topological polar surface area (TPSA) is 51.1 Å². The smallest absolute Gasteiger partial charge is 0.129 e. The van der Waals surface area contributed by atoms with Crippen molar-refractivity contribution >= 4 is 17.2 Å². The first-order chi connectivity index (χ1) is 10.8. The third-order valence-electron chi connectivity index (χ3n) is 3.72. The number of hydrogen-bond acceptors (Lipinski definition) is 4. The molecule has 5 nitrogen and oxygen atoms in total.